The zero-order valence-corrected chi connectivity index (χ0v) is 22.4. The van der Waals surface area contributed by atoms with Crippen LogP contribution in [0, 0.1) is 5.41 Å². The molecule has 37 heavy (non-hydrogen) atoms. The topological polar surface area (TPSA) is 120 Å². The van der Waals surface area contributed by atoms with E-state index in [0.29, 0.717) is 82.5 Å². The normalized spacial score (nSPS) is 26.2. The summed E-state index contributed by atoms with van der Waals surface area (Å²) < 4.78 is 21.5. The molecule has 1 aliphatic carbocycles. The highest BCUT2D eigenvalue weighted by atomic mass is 35.5. The Hall–Kier alpha value is -2.40. The van der Waals surface area contributed by atoms with Gasteiger partial charge < -0.3 is 21.1 Å². The van der Waals surface area contributed by atoms with Crippen molar-refractivity contribution in [2.24, 2.45) is 11.1 Å². The molecule has 2 fully saturated rings. The number of halogens is 4. The molecule has 2 aromatic heterocycles. The molecule has 3 heterocycles. The maximum Gasteiger partial charge on any atom is 0.225 e. The average Bonchev–Trinajstić information content (AvgIpc) is 3.20. The molecule has 4 N–H and O–H groups in total. The summed E-state index contributed by atoms with van der Waals surface area (Å²) in [6.45, 7) is 2.40. The van der Waals surface area contributed by atoms with Gasteiger partial charge in [0.05, 0.1) is 34.6 Å². The van der Waals surface area contributed by atoms with E-state index in [-0.39, 0.29) is 18.6 Å². The van der Waals surface area contributed by atoms with Gasteiger partial charge in [0.25, 0.3) is 0 Å². The Morgan fingerprint density at radius 3 is 2.54 bits per heavy atom. The third-order valence-electron chi connectivity index (χ3n) is 7.30. The van der Waals surface area contributed by atoms with Crippen molar-refractivity contribution >= 4 is 69.5 Å². The Bertz CT molecular complexity index is 1310. The number of nitrogens with two attached hydrogens (primary N) is 1. The fourth-order valence-electron chi connectivity index (χ4n) is 4.94. The van der Waals surface area contributed by atoms with Crippen LogP contribution < -0.4 is 16.4 Å². The quantitative estimate of drug-likeness (QED) is 0.349. The summed E-state index contributed by atoms with van der Waals surface area (Å²) in [7, 11) is 0. The van der Waals surface area contributed by atoms with Gasteiger partial charge in [-0.05, 0) is 44.2 Å². The molecule has 0 bridgehead atoms. The summed E-state index contributed by atoms with van der Waals surface area (Å²) in [4.78, 5) is 25.9. The first-order valence-corrected chi connectivity index (χ1v) is 13.2. The number of hydrogen-bond acceptors (Lipinski definition) is 7. The third-order valence-corrected chi connectivity index (χ3v) is 8.11. The number of rotatable bonds is 6. The van der Waals surface area contributed by atoms with Crippen LogP contribution in [-0.2, 0) is 9.53 Å². The molecule has 1 saturated carbocycles. The highest BCUT2D eigenvalue weighted by Crippen LogP contribution is 2.44. The predicted octanol–water partition coefficient (Wildman–Crippen LogP) is 5.68. The predicted molar refractivity (Wildman–Crippen MR) is 143 cm³/mol. The van der Waals surface area contributed by atoms with E-state index in [1.54, 1.807) is 18.3 Å². The van der Waals surface area contributed by atoms with E-state index in [0.717, 1.165) is 0 Å². The van der Waals surface area contributed by atoms with Crippen molar-refractivity contribution in [3.63, 3.8) is 0 Å². The van der Waals surface area contributed by atoms with E-state index < -0.39 is 17.6 Å². The zero-order valence-electron chi connectivity index (χ0n) is 20.1. The Labute approximate surface area is 228 Å². The van der Waals surface area contributed by atoms with Crippen LogP contribution in [0.1, 0.15) is 45.1 Å². The second-order valence-electron chi connectivity index (χ2n) is 9.86. The van der Waals surface area contributed by atoms with Crippen molar-refractivity contribution in [1.29, 1.82) is 0 Å². The number of primary amides is 1. The largest absolute Gasteiger partial charge is 0.378 e. The Morgan fingerprint density at radius 2 is 1.89 bits per heavy atom. The molecule has 0 radical (unpaired) electrons. The summed E-state index contributed by atoms with van der Waals surface area (Å²) in [5.74, 6) is 0.468. The lowest BCUT2D eigenvalue weighted by molar-refractivity contribution is -0.128. The number of carbonyl (C=O) groups excluding carboxylic acids is 1. The first-order valence-electron chi connectivity index (χ1n) is 12.1. The number of nitrogens with one attached hydrogen (secondary N) is 2. The van der Waals surface area contributed by atoms with Gasteiger partial charge in [-0.3, -0.25) is 9.36 Å². The number of imidazole rings is 1. The molecule has 9 nitrogen and oxygen atoms in total. The van der Waals surface area contributed by atoms with E-state index in [1.807, 2.05) is 11.5 Å². The second kappa shape index (κ2) is 10.4. The van der Waals surface area contributed by atoms with Gasteiger partial charge in [-0.1, -0.05) is 41.7 Å². The van der Waals surface area contributed by atoms with Crippen LogP contribution in [0.2, 0.25) is 15.1 Å². The van der Waals surface area contributed by atoms with Crippen molar-refractivity contribution in [1.82, 2.24) is 19.5 Å². The Kier molecular flexibility index (Phi) is 7.37. The van der Waals surface area contributed by atoms with E-state index in [4.69, 9.17) is 55.2 Å². The lowest BCUT2D eigenvalue weighted by Crippen LogP contribution is -2.39. The molecule has 1 aliphatic heterocycles. The molecule has 198 valence electrons. The number of anilines is 3. The van der Waals surface area contributed by atoms with Gasteiger partial charge >= 0.3 is 0 Å². The van der Waals surface area contributed by atoms with Crippen molar-refractivity contribution in [3.8, 4) is 0 Å². The molecular formula is C24H27Cl3FN7O2. The summed E-state index contributed by atoms with van der Waals surface area (Å²) in [6.07, 6.45) is 3.56. The number of ether oxygens (including phenoxy) is 1. The molecule has 5 rings (SSSR count). The molecule has 1 aromatic carbocycles. The second-order valence-corrected chi connectivity index (χ2v) is 11.1. The number of carbonyl (C=O) groups is 1. The molecule has 1 saturated heterocycles. The van der Waals surface area contributed by atoms with Crippen LogP contribution in [0.15, 0.2) is 18.3 Å². The van der Waals surface area contributed by atoms with E-state index in [9.17, 15) is 9.18 Å². The zero-order chi connectivity index (χ0) is 26.3. The van der Waals surface area contributed by atoms with Crippen LogP contribution in [0.25, 0.3) is 11.2 Å². The molecule has 0 spiro atoms. The number of nitrogens with zero attached hydrogens (tertiary/aromatic N) is 4. The minimum absolute atomic E-state index is 0.0369. The summed E-state index contributed by atoms with van der Waals surface area (Å²) >= 11 is 19.0. The lowest BCUT2D eigenvalue weighted by Gasteiger charge is -2.35. The van der Waals surface area contributed by atoms with Crippen LogP contribution >= 0.6 is 34.8 Å². The lowest BCUT2D eigenvalue weighted by atomic mass is 9.73. The Morgan fingerprint density at radius 1 is 1.19 bits per heavy atom. The number of hydrogen-bond donors (Lipinski definition) is 3. The maximum atomic E-state index is 14.4. The third kappa shape index (κ3) is 5.30. The number of fused-ring (bicyclic) bond motifs is 1. The van der Waals surface area contributed by atoms with Crippen LogP contribution in [0.5, 0.6) is 0 Å². The molecule has 2 aliphatic rings. The highest BCUT2D eigenvalue weighted by molar-refractivity contribution is 6.41. The highest BCUT2D eigenvalue weighted by Gasteiger charge is 2.38. The van der Waals surface area contributed by atoms with Crippen molar-refractivity contribution in [3.05, 3.63) is 33.4 Å². The molecule has 2 unspecified atom stereocenters. The maximum absolute atomic E-state index is 14.4. The van der Waals surface area contributed by atoms with Gasteiger partial charge in [-0.15, -0.1) is 0 Å². The van der Waals surface area contributed by atoms with Crippen molar-refractivity contribution in [2.75, 3.05) is 23.8 Å². The summed E-state index contributed by atoms with van der Waals surface area (Å²) in [6, 6.07) is 2.70. The monoisotopic (exact) mass is 569 g/mol. The molecule has 13 heteroatoms. The standard InChI is InChI=1S/C24H27Cl3FN7O2/c1-24(21(29)36)5-2-13(3-6-24)35-20-18(10-30-22(34-20)31-17-4-7-37-11-16(17)28)32-23(35)33-19-14(26)8-12(25)9-15(19)27/h8-10,13,16-17H,2-7,11H2,1H3,(H2,29,36)(H,32,33)(H,30,31,34)/t13-,16?,17?,24-. The van der Waals surface area contributed by atoms with E-state index in [1.165, 1.54) is 0 Å². The average molecular weight is 571 g/mol. The van der Waals surface area contributed by atoms with Gasteiger partial charge in [0, 0.05) is 23.1 Å². The van der Waals surface area contributed by atoms with Crippen LogP contribution in [0.3, 0.4) is 0 Å². The van der Waals surface area contributed by atoms with Gasteiger partial charge in [0.15, 0.2) is 5.65 Å². The van der Waals surface area contributed by atoms with Gasteiger partial charge in [0.2, 0.25) is 17.8 Å². The first kappa shape index (κ1) is 26.2. The Balaban J connectivity index is 1.54. The number of alkyl halides is 1. The summed E-state index contributed by atoms with van der Waals surface area (Å²) in [5, 5.41) is 7.44. The minimum atomic E-state index is -1.16. The SMILES string of the molecule is C[C@]1(C(N)=O)CC[C@H](n2c(Nc3c(Cl)cc(Cl)cc3Cl)nc3cnc(NC4CCOCC4F)nc32)CC1. The minimum Gasteiger partial charge on any atom is -0.378 e. The summed E-state index contributed by atoms with van der Waals surface area (Å²) in [5.41, 5.74) is 6.67. The van der Waals surface area contributed by atoms with Crippen molar-refractivity contribution in [2.45, 2.75) is 57.3 Å². The van der Waals surface area contributed by atoms with E-state index in [2.05, 4.69) is 15.6 Å². The molecular weight excluding hydrogens is 544 g/mol. The number of amides is 1. The van der Waals surface area contributed by atoms with Gasteiger partial charge in [-0.25, -0.2) is 14.4 Å². The van der Waals surface area contributed by atoms with Crippen molar-refractivity contribution < 1.29 is 13.9 Å². The van der Waals surface area contributed by atoms with E-state index >= 15 is 0 Å². The molecule has 1 amide bonds. The molecule has 2 atom stereocenters. The van der Waals surface area contributed by atoms with Gasteiger partial charge in [-0.2, -0.15) is 4.98 Å². The smallest absolute Gasteiger partial charge is 0.225 e. The fourth-order valence-corrected chi connectivity index (χ4v) is 5.86. The number of aromatic nitrogens is 4. The first-order chi connectivity index (χ1) is 17.6. The van der Waals surface area contributed by atoms with Crippen LogP contribution in [0.4, 0.5) is 22.0 Å². The fraction of sp³-hybridized carbons (Fsp3) is 0.500. The molecule has 3 aromatic rings. The number of benzene rings is 1. The van der Waals surface area contributed by atoms with Crippen LogP contribution in [-0.4, -0.2) is 50.9 Å². The van der Waals surface area contributed by atoms with Gasteiger partial charge in [0.1, 0.15) is 11.7 Å².